The molecule has 0 radical (unpaired) electrons. The fourth-order valence-electron chi connectivity index (χ4n) is 1.77. The Kier molecular flexibility index (Phi) is 12.3. The molecule has 0 saturated heterocycles. The standard InChI is InChI=1S/2C9H14NOS.BFO3/c2*1-10(2)12(3,11)9-7-5-4-6-8-9;2-5-1(3)4/h2*4-8H,1-3H3;/q2*+1;-2. The van der Waals surface area contributed by atoms with E-state index < -0.39 is 27.6 Å². The van der Waals surface area contributed by atoms with E-state index in [0.29, 0.717) is 0 Å². The highest BCUT2D eigenvalue weighted by molar-refractivity contribution is 8.00. The number of rotatable bonds is 5. The van der Waals surface area contributed by atoms with Crippen molar-refractivity contribution in [1.29, 1.82) is 0 Å². The number of halogens is 1. The predicted octanol–water partition coefficient (Wildman–Crippen LogP) is 0.896. The summed E-state index contributed by atoms with van der Waals surface area (Å²) in [6.07, 6.45) is 3.50. The summed E-state index contributed by atoms with van der Waals surface area (Å²) in [6.45, 7) is 0. The van der Waals surface area contributed by atoms with Gasteiger partial charge >= 0.3 is 0 Å². The molecule has 2 rings (SSSR count). The van der Waals surface area contributed by atoms with Crippen molar-refractivity contribution < 1.29 is 27.9 Å². The Hall–Kier alpha value is -1.47. The number of nitrogens with zero attached hydrogens (tertiary/aromatic N) is 2. The summed E-state index contributed by atoms with van der Waals surface area (Å²) in [5, 5.41) is 17.5. The lowest BCUT2D eigenvalue weighted by atomic mass is 10.3. The highest BCUT2D eigenvalue weighted by Gasteiger charge is 2.28. The normalized spacial score (nSPS) is 14.6. The molecule has 0 fully saturated rings. The second-order valence-electron chi connectivity index (χ2n) is 6.23. The predicted molar refractivity (Wildman–Crippen MR) is 113 cm³/mol. The summed E-state index contributed by atoms with van der Waals surface area (Å²) in [6, 6.07) is 19.0. The minimum Gasteiger partial charge on any atom is -0.868 e. The second kappa shape index (κ2) is 13.0. The molecule has 11 heteroatoms. The van der Waals surface area contributed by atoms with Gasteiger partial charge in [-0.05, 0) is 24.3 Å². The summed E-state index contributed by atoms with van der Waals surface area (Å²) in [4.78, 5) is 3.91. The van der Waals surface area contributed by atoms with Crippen LogP contribution in [0.15, 0.2) is 70.5 Å². The van der Waals surface area contributed by atoms with Crippen molar-refractivity contribution in [2.75, 3.05) is 40.7 Å². The van der Waals surface area contributed by atoms with Gasteiger partial charge in [0.05, 0.1) is 0 Å². The zero-order chi connectivity index (χ0) is 22.7. The molecule has 0 aliphatic carbocycles. The molecule has 2 aromatic carbocycles. The molecule has 2 aromatic rings. The fraction of sp³-hybridized carbons (Fsp3) is 0.333. The SMILES string of the molecule is CN(C)[S+](C)(=O)c1ccccc1.CN(C)[S+](C)(=O)c1ccccc1.[O-]B([O-])OF. The monoisotopic (exact) mass is 446 g/mol. The van der Waals surface area contributed by atoms with E-state index in [2.05, 4.69) is 4.86 Å². The van der Waals surface area contributed by atoms with E-state index in [0.717, 1.165) is 9.79 Å². The Balaban J connectivity index is 0.000000442. The first-order valence-corrected chi connectivity index (χ1v) is 12.2. The Morgan fingerprint density at radius 2 is 1.00 bits per heavy atom. The molecule has 162 valence electrons. The van der Waals surface area contributed by atoms with Crippen molar-refractivity contribution in [3.63, 3.8) is 0 Å². The van der Waals surface area contributed by atoms with E-state index in [1.807, 2.05) is 88.9 Å². The van der Waals surface area contributed by atoms with Crippen LogP contribution in [0.5, 0.6) is 0 Å². The molecule has 2 atom stereocenters. The van der Waals surface area contributed by atoms with Crippen LogP contribution >= 0.6 is 0 Å². The lowest BCUT2D eigenvalue weighted by Crippen LogP contribution is -2.45. The topological polar surface area (TPSA) is 96.0 Å². The summed E-state index contributed by atoms with van der Waals surface area (Å²) in [5.74, 6) is 0. The summed E-state index contributed by atoms with van der Waals surface area (Å²) >= 11 is 0. The zero-order valence-electron chi connectivity index (χ0n) is 17.5. The largest absolute Gasteiger partial charge is 0.868 e. The third kappa shape index (κ3) is 9.72. The highest BCUT2D eigenvalue weighted by atomic mass is 32.3. The fourth-order valence-corrected chi connectivity index (χ4v) is 3.94. The maximum absolute atomic E-state index is 12.0. The first-order chi connectivity index (χ1) is 13.4. The molecule has 2 unspecified atom stereocenters. The molecule has 7 nitrogen and oxygen atoms in total. The molecule has 0 aliphatic heterocycles. The van der Waals surface area contributed by atoms with Crippen LogP contribution in [0.25, 0.3) is 0 Å². The Morgan fingerprint density at radius 3 is 1.17 bits per heavy atom. The molecule has 0 aromatic heterocycles. The number of benzene rings is 2. The van der Waals surface area contributed by atoms with Gasteiger partial charge in [-0.1, -0.05) is 49.3 Å². The van der Waals surface area contributed by atoms with E-state index in [4.69, 9.17) is 10.0 Å². The van der Waals surface area contributed by atoms with Crippen LogP contribution in [-0.4, -0.2) is 56.6 Å². The average Bonchev–Trinajstić information content (AvgIpc) is 2.70. The van der Waals surface area contributed by atoms with E-state index in [1.54, 1.807) is 21.1 Å². The second-order valence-corrected chi connectivity index (χ2v) is 11.8. The minimum absolute atomic E-state index is 0.884. The van der Waals surface area contributed by atoms with Gasteiger partial charge in [0.2, 0.25) is 0 Å². The van der Waals surface area contributed by atoms with Gasteiger partial charge in [-0.2, -0.15) is 0 Å². The van der Waals surface area contributed by atoms with Crippen LogP contribution in [0.1, 0.15) is 0 Å². The van der Waals surface area contributed by atoms with Gasteiger partial charge < -0.3 is 14.9 Å². The lowest BCUT2D eigenvalue weighted by Gasteiger charge is -2.16. The maximum atomic E-state index is 12.0. The van der Waals surface area contributed by atoms with Gasteiger partial charge in [0.1, 0.15) is 19.8 Å². The van der Waals surface area contributed by atoms with Gasteiger partial charge in [-0.15, -0.1) is 8.61 Å². The van der Waals surface area contributed by atoms with E-state index in [-0.39, 0.29) is 0 Å². The van der Waals surface area contributed by atoms with Crippen LogP contribution < -0.4 is 10.0 Å². The summed E-state index contributed by atoms with van der Waals surface area (Å²) < 4.78 is 37.5. The first-order valence-electron chi connectivity index (χ1n) is 8.39. The van der Waals surface area contributed by atoms with Gasteiger partial charge in [0.25, 0.3) is 0 Å². The van der Waals surface area contributed by atoms with E-state index >= 15 is 0 Å². The van der Waals surface area contributed by atoms with Gasteiger partial charge in [0, 0.05) is 28.2 Å². The third-order valence-corrected chi connectivity index (χ3v) is 8.91. The Labute approximate surface area is 175 Å². The van der Waals surface area contributed by atoms with Crippen molar-refractivity contribution >= 4 is 27.6 Å². The van der Waals surface area contributed by atoms with Crippen molar-refractivity contribution in [3.05, 3.63) is 60.7 Å². The Morgan fingerprint density at radius 1 is 0.759 bits per heavy atom. The van der Waals surface area contributed by atoms with E-state index in [1.165, 1.54) is 0 Å². The van der Waals surface area contributed by atoms with Crippen molar-refractivity contribution in [2.24, 2.45) is 0 Å². The lowest BCUT2D eigenvalue weighted by molar-refractivity contribution is -0.403. The molecule has 0 heterocycles. The zero-order valence-corrected chi connectivity index (χ0v) is 19.1. The first kappa shape index (κ1) is 27.5. The molecule has 0 N–H and O–H groups in total. The quantitative estimate of drug-likeness (QED) is 0.502. The molecule has 0 spiro atoms. The maximum Gasteiger partial charge on any atom is 0.187 e. The Bertz CT molecular complexity index is 732. The number of hydrogen-bond acceptors (Lipinski definition) is 5. The molecular formula is C18H28BFN2O5S2. The summed E-state index contributed by atoms with van der Waals surface area (Å²) in [5.41, 5.74) is 0. The summed E-state index contributed by atoms with van der Waals surface area (Å²) in [7, 11) is 0.545. The van der Waals surface area contributed by atoms with Crippen molar-refractivity contribution in [1.82, 2.24) is 8.61 Å². The van der Waals surface area contributed by atoms with Crippen molar-refractivity contribution in [2.45, 2.75) is 9.79 Å². The third-order valence-electron chi connectivity index (χ3n) is 3.83. The van der Waals surface area contributed by atoms with Crippen molar-refractivity contribution in [3.8, 4) is 0 Å². The molecule has 29 heavy (non-hydrogen) atoms. The van der Waals surface area contributed by atoms with Crippen LogP contribution in [-0.2, 0) is 33.5 Å². The van der Waals surface area contributed by atoms with Crippen LogP contribution in [0, 0.1) is 0 Å². The molecule has 0 saturated carbocycles. The van der Waals surface area contributed by atoms with Crippen LogP contribution in [0.2, 0.25) is 0 Å². The smallest absolute Gasteiger partial charge is 0.187 e. The molecular weight excluding hydrogens is 418 g/mol. The molecule has 0 bridgehead atoms. The highest BCUT2D eigenvalue weighted by Crippen LogP contribution is 2.18. The number of hydrogen-bond donors (Lipinski definition) is 0. The minimum atomic E-state index is -2.78. The van der Waals surface area contributed by atoms with Gasteiger partial charge in [-0.25, -0.2) is 0 Å². The molecule has 0 aliphatic rings. The van der Waals surface area contributed by atoms with Crippen LogP contribution in [0.3, 0.4) is 0 Å². The molecule has 0 amide bonds. The average molecular weight is 446 g/mol. The van der Waals surface area contributed by atoms with Gasteiger partial charge in [-0.3, -0.25) is 0 Å². The van der Waals surface area contributed by atoms with E-state index in [9.17, 15) is 12.9 Å². The van der Waals surface area contributed by atoms with Crippen LogP contribution in [0.4, 0.5) is 4.53 Å². The van der Waals surface area contributed by atoms with Gasteiger partial charge in [0.15, 0.2) is 30.0 Å².